The molecule has 0 saturated heterocycles. The third-order valence-electron chi connectivity index (χ3n) is 6.41. The standard InChI is InChI=1S/C33H47N3O6S2/c1-32(2,3)42-31(41)34-19-13-12-18-26(29(38)39)35-28(37)27(22-43-20-24-14-8-6-9-15-24)36-30(40)33(4,5)23-44-21-25-16-10-7-11-17-25/h6-11,14-17,26-27H,12-13,18-23H2,1-5H3,(H,34,41)(H,35,37)(H,36,40)(H,38,39)/t26-,27-/m0/s1. The van der Waals surface area contributed by atoms with Crippen molar-refractivity contribution in [2.75, 3.05) is 18.1 Å². The predicted molar refractivity (Wildman–Crippen MR) is 179 cm³/mol. The molecule has 2 aromatic carbocycles. The van der Waals surface area contributed by atoms with Gasteiger partial charge in [-0.1, -0.05) is 74.5 Å². The number of carboxylic acids is 1. The summed E-state index contributed by atoms with van der Waals surface area (Å²) in [5, 5.41) is 18.0. The first-order valence-electron chi connectivity index (χ1n) is 14.8. The number of amides is 3. The van der Waals surface area contributed by atoms with Gasteiger partial charge in [-0.2, -0.15) is 23.5 Å². The molecule has 0 saturated carbocycles. The number of carbonyl (C=O) groups excluding carboxylic acids is 3. The third-order valence-corrected chi connectivity index (χ3v) is 8.98. The summed E-state index contributed by atoms with van der Waals surface area (Å²) in [6.45, 7) is 9.33. The van der Waals surface area contributed by atoms with E-state index in [9.17, 15) is 24.3 Å². The van der Waals surface area contributed by atoms with Gasteiger partial charge in [0.2, 0.25) is 11.8 Å². The van der Waals surface area contributed by atoms with Gasteiger partial charge in [-0.15, -0.1) is 0 Å². The van der Waals surface area contributed by atoms with E-state index in [0.717, 1.165) is 11.3 Å². The van der Waals surface area contributed by atoms with E-state index in [-0.39, 0.29) is 18.1 Å². The normalized spacial score (nSPS) is 12.9. The highest BCUT2D eigenvalue weighted by Gasteiger charge is 2.33. The van der Waals surface area contributed by atoms with Gasteiger partial charge in [-0.05, 0) is 51.2 Å². The van der Waals surface area contributed by atoms with Gasteiger partial charge in [-0.25, -0.2) is 9.59 Å². The number of nitrogens with one attached hydrogen (secondary N) is 3. The molecule has 242 valence electrons. The van der Waals surface area contributed by atoms with Gasteiger partial charge >= 0.3 is 12.1 Å². The average Bonchev–Trinajstić information content (AvgIpc) is 2.95. The number of benzene rings is 2. The van der Waals surface area contributed by atoms with E-state index in [4.69, 9.17) is 4.74 Å². The molecule has 0 aromatic heterocycles. The Morgan fingerprint density at radius 2 is 1.36 bits per heavy atom. The van der Waals surface area contributed by atoms with Crippen LogP contribution in [-0.2, 0) is 30.6 Å². The van der Waals surface area contributed by atoms with E-state index in [1.54, 1.807) is 32.5 Å². The molecule has 44 heavy (non-hydrogen) atoms. The number of ether oxygens (including phenoxy) is 1. The fourth-order valence-electron chi connectivity index (χ4n) is 3.98. The predicted octanol–water partition coefficient (Wildman–Crippen LogP) is 5.63. The van der Waals surface area contributed by atoms with E-state index in [0.29, 0.717) is 30.9 Å². The molecule has 2 rings (SSSR count). The Kier molecular flexibility index (Phi) is 15.6. The second-order valence-electron chi connectivity index (χ2n) is 12.2. The zero-order valence-electron chi connectivity index (χ0n) is 26.4. The molecule has 4 N–H and O–H groups in total. The summed E-state index contributed by atoms with van der Waals surface area (Å²) in [6.07, 6.45) is 0.615. The molecule has 0 heterocycles. The lowest BCUT2D eigenvalue weighted by Gasteiger charge is -2.27. The molecule has 11 heteroatoms. The summed E-state index contributed by atoms with van der Waals surface area (Å²) < 4.78 is 5.20. The van der Waals surface area contributed by atoms with Crippen LogP contribution in [0.4, 0.5) is 4.79 Å². The number of hydrogen-bond donors (Lipinski definition) is 4. The van der Waals surface area contributed by atoms with Gasteiger partial charge in [0.05, 0.1) is 5.41 Å². The Bertz CT molecular complexity index is 1190. The van der Waals surface area contributed by atoms with Crippen LogP contribution in [-0.4, -0.2) is 64.7 Å². The van der Waals surface area contributed by atoms with Crippen LogP contribution >= 0.6 is 23.5 Å². The summed E-state index contributed by atoms with van der Waals surface area (Å²) in [4.78, 5) is 50.6. The van der Waals surface area contributed by atoms with Gasteiger partial charge < -0.3 is 25.8 Å². The van der Waals surface area contributed by atoms with Crippen LogP contribution in [0.25, 0.3) is 0 Å². The smallest absolute Gasteiger partial charge is 0.407 e. The van der Waals surface area contributed by atoms with Crippen molar-refractivity contribution in [1.82, 2.24) is 16.0 Å². The van der Waals surface area contributed by atoms with Gasteiger partial charge in [0.25, 0.3) is 0 Å². The zero-order valence-corrected chi connectivity index (χ0v) is 28.0. The molecule has 3 amide bonds. The molecular weight excluding hydrogens is 599 g/mol. The molecule has 0 radical (unpaired) electrons. The number of hydrogen-bond acceptors (Lipinski definition) is 7. The monoisotopic (exact) mass is 645 g/mol. The number of rotatable bonds is 18. The van der Waals surface area contributed by atoms with Crippen molar-refractivity contribution in [3.8, 4) is 0 Å². The lowest BCUT2D eigenvalue weighted by Crippen LogP contribution is -2.55. The number of carboxylic acid groups (broad SMARTS) is 1. The summed E-state index contributed by atoms with van der Waals surface area (Å²) >= 11 is 3.14. The lowest BCUT2D eigenvalue weighted by atomic mass is 9.95. The first-order chi connectivity index (χ1) is 20.8. The Morgan fingerprint density at radius 3 is 1.91 bits per heavy atom. The quantitative estimate of drug-likeness (QED) is 0.153. The van der Waals surface area contributed by atoms with Crippen molar-refractivity contribution < 1.29 is 29.0 Å². The van der Waals surface area contributed by atoms with E-state index in [2.05, 4.69) is 16.0 Å². The van der Waals surface area contributed by atoms with Crippen LogP contribution in [0.3, 0.4) is 0 Å². The molecule has 2 aromatic rings. The summed E-state index contributed by atoms with van der Waals surface area (Å²) in [7, 11) is 0. The van der Waals surface area contributed by atoms with E-state index >= 15 is 0 Å². The molecule has 9 nitrogen and oxygen atoms in total. The minimum atomic E-state index is -1.15. The van der Waals surface area contributed by atoms with Crippen molar-refractivity contribution in [1.29, 1.82) is 0 Å². The third kappa shape index (κ3) is 15.0. The van der Waals surface area contributed by atoms with Crippen molar-refractivity contribution in [2.24, 2.45) is 5.41 Å². The van der Waals surface area contributed by atoms with Gasteiger partial charge in [0.15, 0.2) is 0 Å². The van der Waals surface area contributed by atoms with Gasteiger partial charge in [-0.3, -0.25) is 9.59 Å². The first-order valence-corrected chi connectivity index (χ1v) is 17.1. The fraction of sp³-hybridized carbons (Fsp3) is 0.515. The molecule has 0 spiro atoms. The molecule has 0 aliphatic heterocycles. The first kappa shape index (κ1) is 37.0. The number of carbonyl (C=O) groups is 4. The van der Waals surface area contributed by atoms with E-state index in [1.807, 2.05) is 74.5 Å². The Hall–Kier alpha value is -3.18. The van der Waals surface area contributed by atoms with Crippen LogP contribution in [0.5, 0.6) is 0 Å². The fourth-order valence-corrected chi connectivity index (χ4v) is 6.17. The maximum Gasteiger partial charge on any atom is 0.407 e. The summed E-state index contributed by atoms with van der Waals surface area (Å²) in [5.74, 6) is 0.286. The van der Waals surface area contributed by atoms with Crippen LogP contribution in [0, 0.1) is 5.41 Å². The number of aliphatic carboxylic acids is 1. The van der Waals surface area contributed by atoms with Crippen LogP contribution in [0.2, 0.25) is 0 Å². The molecule has 0 unspecified atom stereocenters. The zero-order chi connectivity index (χ0) is 32.6. The molecule has 2 atom stereocenters. The summed E-state index contributed by atoms with van der Waals surface area (Å²) in [6, 6.07) is 17.8. The van der Waals surface area contributed by atoms with Crippen LogP contribution in [0.1, 0.15) is 65.0 Å². The van der Waals surface area contributed by atoms with Gasteiger partial charge in [0.1, 0.15) is 17.7 Å². The highest BCUT2D eigenvalue weighted by molar-refractivity contribution is 7.98. The van der Waals surface area contributed by atoms with Crippen molar-refractivity contribution in [3.63, 3.8) is 0 Å². The molecule has 0 aliphatic rings. The molecule has 0 fully saturated rings. The molecule has 0 aliphatic carbocycles. The number of alkyl carbamates (subject to hydrolysis) is 1. The lowest BCUT2D eigenvalue weighted by molar-refractivity contribution is -0.142. The Morgan fingerprint density at radius 1 is 0.795 bits per heavy atom. The van der Waals surface area contributed by atoms with Crippen LogP contribution < -0.4 is 16.0 Å². The second kappa shape index (κ2) is 18.6. The summed E-state index contributed by atoms with van der Waals surface area (Å²) in [5.41, 5.74) is 0.896. The van der Waals surface area contributed by atoms with E-state index in [1.165, 1.54) is 17.3 Å². The molecule has 0 bridgehead atoms. The largest absolute Gasteiger partial charge is 0.480 e. The van der Waals surface area contributed by atoms with Crippen molar-refractivity contribution in [3.05, 3.63) is 71.8 Å². The highest BCUT2D eigenvalue weighted by Crippen LogP contribution is 2.25. The average molecular weight is 646 g/mol. The maximum absolute atomic E-state index is 13.4. The highest BCUT2D eigenvalue weighted by atomic mass is 32.2. The molecular formula is C33H47N3O6S2. The minimum absolute atomic E-state index is 0.177. The Labute approximate surface area is 270 Å². The minimum Gasteiger partial charge on any atom is -0.480 e. The number of unbranched alkanes of at least 4 members (excludes halogenated alkanes) is 1. The van der Waals surface area contributed by atoms with E-state index < -0.39 is 41.1 Å². The second-order valence-corrected chi connectivity index (χ2v) is 14.2. The van der Waals surface area contributed by atoms with Crippen LogP contribution in [0.15, 0.2) is 60.7 Å². The van der Waals surface area contributed by atoms with Crippen molar-refractivity contribution >= 4 is 47.4 Å². The van der Waals surface area contributed by atoms with Crippen molar-refractivity contribution in [2.45, 2.75) is 83.1 Å². The SMILES string of the molecule is CC(C)(C)OC(=O)NCCCC[C@H](NC(=O)[C@H](CSCc1ccccc1)NC(=O)C(C)(C)CSCc1ccccc1)C(=O)O. The topological polar surface area (TPSA) is 134 Å². The number of thioether (sulfide) groups is 2. The van der Waals surface area contributed by atoms with Gasteiger partial charge in [0, 0.05) is 29.6 Å². The Balaban J connectivity index is 1.97. The maximum atomic E-state index is 13.4.